The van der Waals surface area contributed by atoms with Crippen LogP contribution in [0.1, 0.15) is 26.2 Å². The Morgan fingerprint density at radius 3 is 3.06 bits per heavy atom. The molecule has 1 fully saturated rings. The van der Waals surface area contributed by atoms with Crippen molar-refractivity contribution in [2.24, 2.45) is 0 Å². The fourth-order valence-corrected chi connectivity index (χ4v) is 3.63. The molecule has 1 aromatic heterocycles. The zero-order valence-corrected chi connectivity index (χ0v) is 12.3. The number of rotatable bonds is 7. The van der Waals surface area contributed by atoms with Crippen LogP contribution in [-0.4, -0.2) is 35.4 Å². The van der Waals surface area contributed by atoms with Gasteiger partial charge in [-0.1, -0.05) is 11.8 Å². The van der Waals surface area contributed by atoms with E-state index in [1.54, 1.807) is 29.3 Å². The Balaban J connectivity index is 1.85. The number of hydrogen-bond donors (Lipinski definition) is 1. The summed E-state index contributed by atoms with van der Waals surface area (Å²) in [7, 11) is 1.45. The van der Waals surface area contributed by atoms with Crippen LogP contribution < -0.4 is 5.32 Å². The first-order chi connectivity index (χ1) is 8.64. The van der Waals surface area contributed by atoms with Crippen molar-refractivity contribution in [3.8, 4) is 0 Å². The van der Waals surface area contributed by atoms with Crippen molar-refractivity contribution in [1.29, 1.82) is 0 Å². The molecular formula is C12H18N2O2S2. The number of nitrogens with zero attached hydrogens (tertiary/aromatic N) is 1. The molecule has 18 heavy (non-hydrogen) atoms. The number of ether oxygens (including phenoxy) is 1. The van der Waals surface area contributed by atoms with E-state index in [2.05, 4.69) is 10.3 Å². The summed E-state index contributed by atoms with van der Waals surface area (Å²) in [5, 5.41) is 5.36. The lowest BCUT2D eigenvalue weighted by atomic mass is 9.99. The Morgan fingerprint density at radius 2 is 2.50 bits per heavy atom. The summed E-state index contributed by atoms with van der Waals surface area (Å²) in [4.78, 5) is 16.1. The van der Waals surface area contributed by atoms with Gasteiger partial charge in [-0.2, -0.15) is 0 Å². The molecule has 1 aliphatic rings. The molecule has 1 saturated carbocycles. The molecule has 1 N–H and O–H groups in total. The lowest BCUT2D eigenvalue weighted by Crippen LogP contribution is -2.51. The number of carbonyl (C=O) groups excluding carboxylic acids is 1. The molecule has 1 unspecified atom stereocenters. The zero-order chi connectivity index (χ0) is 13.0. The average molecular weight is 286 g/mol. The van der Waals surface area contributed by atoms with E-state index in [1.165, 1.54) is 7.11 Å². The normalized spacial score (nSPS) is 18.3. The summed E-state index contributed by atoms with van der Waals surface area (Å²) in [5.41, 5.74) is -0.569. The van der Waals surface area contributed by atoms with Gasteiger partial charge >= 0.3 is 5.97 Å². The Labute approximate surface area is 116 Å². The van der Waals surface area contributed by atoms with Crippen molar-refractivity contribution in [3.63, 3.8) is 0 Å². The molecule has 0 amide bonds. The largest absolute Gasteiger partial charge is 0.468 e. The van der Waals surface area contributed by atoms with Gasteiger partial charge in [-0.15, -0.1) is 11.3 Å². The molecule has 1 aromatic rings. The van der Waals surface area contributed by atoms with Gasteiger partial charge in [0.1, 0.15) is 9.88 Å². The highest BCUT2D eigenvalue weighted by Crippen LogP contribution is 2.28. The lowest BCUT2D eigenvalue weighted by Gasteiger charge is -2.27. The van der Waals surface area contributed by atoms with E-state index in [9.17, 15) is 4.79 Å². The van der Waals surface area contributed by atoms with Crippen molar-refractivity contribution in [3.05, 3.63) is 11.6 Å². The van der Waals surface area contributed by atoms with E-state index in [4.69, 9.17) is 4.74 Å². The van der Waals surface area contributed by atoms with Gasteiger partial charge in [0.05, 0.1) is 7.11 Å². The van der Waals surface area contributed by atoms with Crippen molar-refractivity contribution < 1.29 is 9.53 Å². The number of aromatic nitrogens is 1. The predicted octanol–water partition coefficient (Wildman–Crippen LogP) is 2.31. The third-order valence-corrected chi connectivity index (χ3v) is 4.94. The molecule has 1 heterocycles. The third-order valence-electron chi connectivity index (χ3n) is 2.97. The van der Waals surface area contributed by atoms with E-state index in [-0.39, 0.29) is 5.97 Å². The van der Waals surface area contributed by atoms with Crippen LogP contribution in [0.15, 0.2) is 15.9 Å². The van der Waals surface area contributed by atoms with Gasteiger partial charge in [0.25, 0.3) is 0 Å². The summed E-state index contributed by atoms with van der Waals surface area (Å²) < 4.78 is 5.96. The quantitative estimate of drug-likeness (QED) is 0.616. The van der Waals surface area contributed by atoms with E-state index < -0.39 is 5.54 Å². The average Bonchev–Trinajstić information content (AvgIpc) is 3.01. The maximum absolute atomic E-state index is 11.9. The molecular weight excluding hydrogens is 268 g/mol. The van der Waals surface area contributed by atoms with Gasteiger partial charge in [-0.3, -0.25) is 10.1 Å². The predicted molar refractivity (Wildman–Crippen MR) is 74.0 cm³/mol. The second-order valence-corrected chi connectivity index (χ2v) is 6.88. The molecule has 1 aliphatic carbocycles. The molecule has 0 spiro atoms. The van der Waals surface area contributed by atoms with E-state index in [0.29, 0.717) is 6.04 Å². The highest BCUT2D eigenvalue weighted by atomic mass is 32.2. The maximum atomic E-state index is 11.9. The molecule has 4 nitrogen and oxygen atoms in total. The van der Waals surface area contributed by atoms with Crippen molar-refractivity contribution in [1.82, 2.24) is 10.3 Å². The smallest absolute Gasteiger partial charge is 0.325 e. The number of thioether (sulfide) groups is 1. The molecule has 0 saturated heterocycles. The minimum Gasteiger partial charge on any atom is -0.468 e. The number of hydrogen-bond acceptors (Lipinski definition) is 6. The highest BCUT2D eigenvalue weighted by molar-refractivity contribution is 8.00. The summed E-state index contributed by atoms with van der Waals surface area (Å²) in [6.45, 7) is 1.93. The van der Waals surface area contributed by atoms with Gasteiger partial charge in [0.15, 0.2) is 0 Å². The summed E-state index contributed by atoms with van der Waals surface area (Å²) in [5.74, 6) is 0.688. The molecule has 2 rings (SSSR count). The second-order valence-electron chi connectivity index (χ2n) is 4.64. The van der Waals surface area contributed by atoms with Crippen LogP contribution in [0.4, 0.5) is 0 Å². The Bertz CT molecular complexity index is 393. The van der Waals surface area contributed by atoms with Gasteiger partial charge in [-0.05, 0) is 26.2 Å². The molecule has 1 atom stereocenters. The summed E-state index contributed by atoms with van der Waals surface area (Å²) >= 11 is 3.32. The second kappa shape index (κ2) is 6.04. The number of methoxy groups -OCH3 is 1. The minimum absolute atomic E-state index is 0.172. The van der Waals surface area contributed by atoms with Gasteiger partial charge in [0.2, 0.25) is 0 Å². The van der Waals surface area contributed by atoms with Crippen molar-refractivity contribution in [2.45, 2.75) is 42.1 Å². The Morgan fingerprint density at radius 1 is 1.72 bits per heavy atom. The van der Waals surface area contributed by atoms with E-state index in [0.717, 1.165) is 29.4 Å². The molecule has 0 radical (unpaired) electrons. The summed E-state index contributed by atoms with van der Waals surface area (Å²) in [6, 6.07) is 0.485. The van der Waals surface area contributed by atoms with Crippen LogP contribution in [0.25, 0.3) is 0 Å². The summed E-state index contributed by atoms with van der Waals surface area (Å²) in [6.07, 6.45) is 4.87. The van der Waals surface area contributed by atoms with Crippen LogP contribution in [0.2, 0.25) is 0 Å². The topological polar surface area (TPSA) is 51.2 Å². The monoisotopic (exact) mass is 286 g/mol. The van der Waals surface area contributed by atoms with Crippen molar-refractivity contribution in [2.75, 3.05) is 12.9 Å². The molecule has 6 heteroatoms. The standard InChI is InChI=1S/C12H18N2O2S2/c1-12(10(15)16-2,14-9-3-4-9)5-7-17-11-13-6-8-18-11/h6,8-9,14H,3-5,7H2,1-2H3. The van der Waals surface area contributed by atoms with Crippen LogP contribution >= 0.6 is 23.1 Å². The first-order valence-electron chi connectivity index (χ1n) is 6.02. The molecule has 100 valence electrons. The fourth-order valence-electron chi connectivity index (χ4n) is 1.76. The van der Waals surface area contributed by atoms with Crippen LogP contribution in [-0.2, 0) is 9.53 Å². The van der Waals surface area contributed by atoms with Gasteiger partial charge in [0, 0.05) is 23.4 Å². The van der Waals surface area contributed by atoms with Crippen LogP contribution in [0.3, 0.4) is 0 Å². The molecule has 0 aliphatic heterocycles. The Hall–Kier alpha value is -0.590. The first-order valence-corrected chi connectivity index (χ1v) is 7.89. The fraction of sp³-hybridized carbons (Fsp3) is 0.667. The number of nitrogens with one attached hydrogen (secondary N) is 1. The van der Waals surface area contributed by atoms with E-state index in [1.807, 2.05) is 12.3 Å². The number of carbonyl (C=O) groups is 1. The van der Waals surface area contributed by atoms with Crippen LogP contribution in [0.5, 0.6) is 0 Å². The third kappa shape index (κ3) is 3.70. The highest BCUT2D eigenvalue weighted by Gasteiger charge is 2.38. The number of thiazole rings is 1. The molecule has 0 bridgehead atoms. The Kier molecular flexibility index (Phi) is 4.64. The first kappa shape index (κ1) is 13.8. The minimum atomic E-state index is -0.569. The van der Waals surface area contributed by atoms with Gasteiger partial charge in [-0.25, -0.2) is 4.98 Å². The molecule has 0 aromatic carbocycles. The lowest BCUT2D eigenvalue weighted by molar-refractivity contribution is -0.148. The van der Waals surface area contributed by atoms with Crippen molar-refractivity contribution >= 4 is 29.1 Å². The van der Waals surface area contributed by atoms with Gasteiger partial charge < -0.3 is 4.74 Å². The van der Waals surface area contributed by atoms with E-state index >= 15 is 0 Å². The SMILES string of the molecule is COC(=O)C(C)(CCSc1nccs1)NC1CC1. The zero-order valence-electron chi connectivity index (χ0n) is 10.6. The van der Waals surface area contributed by atoms with Crippen LogP contribution in [0, 0.1) is 0 Å². The maximum Gasteiger partial charge on any atom is 0.325 e. The number of esters is 1.